The number of hydrogen-bond donors (Lipinski definition) is 2. The molecule has 2 N–H and O–H groups in total. The first kappa shape index (κ1) is 30.3. The Labute approximate surface area is 250 Å². The van der Waals surface area contributed by atoms with E-state index in [9.17, 15) is 37.5 Å². The maximum absolute atomic E-state index is 13.8. The van der Waals surface area contributed by atoms with Crippen molar-refractivity contribution in [1.82, 2.24) is 15.1 Å². The van der Waals surface area contributed by atoms with Gasteiger partial charge in [-0.05, 0) is 28.8 Å². The summed E-state index contributed by atoms with van der Waals surface area (Å²) in [5.74, 6) is -2.89. The van der Waals surface area contributed by atoms with Gasteiger partial charge in [0, 0.05) is 6.54 Å². The van der Waals surface area contributed by atoms with E-state index in [0.29, 0.717) is 0 Å². The highest BCUT2D eigenvalue weighted by molar-refractivity contribution is 5.99. The minimum atomic E-state index is -4.59. The molecule has 0 aromatic heterocycles. The number of carboxylic acids is 1. The molecule has 0 bridgehead atoms. The fraction of sp³-hybridized carbons (Fsp3) is 0.250. The molecule has 2 aliphatic rings. The molecule has 0 saturated carbocycles. The molecule has 44 heavy (non-hydrogen) atoms. The molecule has 0 radical (unpaired) electrons. The number of likely N-dealkylation sites (tertiary alicyclic amines) is 1. The standard InChI is InChI=1S/C32H28F3N3O6/c33-32(34,35)23-13-7-10-21(16-23)18-36-29(41)25(17-27(39)40)37-24(15-14-20-8-3-1-4-9-20)28(30(37)42)38-26(19-44-31(38)43)22-11-5-2-6-12-22/h1-16,24-26,28H,17-19H2,(H,36,41)(H,39,40)/t24-,25-,26-,28+/m1/s1. The number of β-lactam (4-membered cyclic amide) rings is 1. The lowest BCUT2D eigenvalue weighted by Crippen LogP contribution is -2.74. The zero-order valence-corrected chi connectivity index (χ0v) is 23.2. The summed E-state index contributed by atoms with van der Waals surface area (Å²) in [7, 11) is 0. The van der Waals surface area contributed by atoms with Crippen LogP contribution in [0.2, 0.25) is 0 Å². The van der Waals surface area contributed by atoms with Crippen molar-refractivity contribution in [3.8, 4) is 0 Å². The Kier molecular flexibility index (Phi) is 8.70. The van der Waals surface area contributed by atoms with Crippen LogP contribution in [0.25, 0.3) is 6.08 Å². The molecule has 9 nitrogen and oxygen atoms in total. The molecule has 2 fully saturated rings. The second-order valence-corrected chi connectivity index (χ2v) is 10.4. The average Bonchev–Trinajstić information content (AvgIpc) is 3.38. The number of nitrogens with one attached hydrogen (secondary N) is 1. The van der Waals surface area contributed by atoms with Crippen molar-refractivity contribution in [1.29, 1.82) is 0 Å². The molecule has 4 atom stereocenters. The number of aliphatic carboxylic acids is 1. The van der Waals surface area contributed by atoms with E-state index in [1.54, 1.807) is 48.6 Å². The minimum Gasteiger partial charge on any atom is -0.481 e. The van der Waals surface area contributed by atoms with Gasteiger partial charge >= 0.3 is 18.2 Å². The van der Waals surface area contributed by atoms with Gasteiger partial charge in [-0.15, -0.1) is 0 Å². The molecule has 2 heterocycles. The Bertz CT molecular complexity index is 1560. The number of halogens is 3. The molecular formula is C32H28F3N3O6. The van der Waals surface area contributed by atoms with Crippen LogP contribution >= 0.6 is 0 Å². The molecule has 0 spiro atoms. The van der Waals surface area contributed by atoms with Crippen LogP contribution < -0.4 is 5.32 Å². The SMILES string of the molecule is O=C(O)C[C@H](C(=O)NCc1cccc(C(F)(F)F)c1)N1C(=O)[C@@H](N2C(=O)OC[C@@H]2c2ccccc2)[C@H]1C=Cc1ccccc1. The third-order valence-electron chi connectivity index (χ3n) is 7.56. The first-order valence-corrected chi connectivity index (χ1v) is 13.8. The molecule has 12 heteroatoms. The number of carboxylic acid groups (broad SMARTS) is 1. The lowest BCUT2D eigenvalue weighted by Gasteiger charge is -2.52. The van der Waals surface area contributed by atoms with Crippen LogP contribution in [0.1, 0.15) is 34.7 Å². The average molecular weight is 608 g/mol. The summed E-state index contributed by atoms with van der Waals surface area (Å²) in [5, 5.41) is 12.1. The van der Waals surface area contributed by atoms with E-state index in [4.69, 9.17) is 4.74 Å². The van der Waals surface area contributed by atoms with Gasteiger partial charge in [0.05, 0.1) is 24.1 Å². The van der Waals surface area contributed by atoms with Crippen molar-refractivity contribution in [3.05, 3.63) is 113 Å². The maximum atomic E-state index is 13.8. The second-order valence-electron chi connectivity index (χ2n) is 10.4. The lowest BCUT2D eigenvalue weighted by atomic mass is 9.87. The maximum Gasteiger partial charge on any atom is 0.416 e. The number of alkyl halides is 3. The number of ether oxygens (including phenoxy) is 1. The molecule has 2 aliphatic heterocycles. The van der Waals surface area contributed by atoms with Gasteiger partial charge in [0.2, 0.25) is 11.8 Å². The van der Waals surface area contributed by atoms with Crippen LogP contribution in [0.15, 0.2) is 91.0 Å². The molecule has 0 aliphatic carbocycles. The summed E-state index contributed by atoms with van der Waals surface area (Å²) in [6.07, 6.45) is -2.75. The van der Waals surface area contributed by atoms with E-state index < -0.39 is 66.2 Å². The third-order valence-corrected chi connectivity index (χ3v) is 7.56. The largest absolute Gasteiger partial charge is 0.481 e. The van der Waals surface area contributed by atoms with Crippen molar-refractivity contribution in [2.75, 3.05) is 6.61 Å². The second kappa shape index (κ2) is 12.6. The van der Waals surface area contributed by atoms with Crippen molar-refractivity contribution in [2.45, 2.75) is 43.3 Å². The van der Waals surface area contributed by atoms with E-state index >= 15 is 0 Å². The molecule has 2 saturated heterocycles. The van der Waals surface area contributed by atoms with Crippen LogP contribution in [0.3, 0.4) is 0 Å². The lowest BCUT2D eigenvalue weighted by molar-refractivity contribution is -0.165. The van der Waals surface area contributed by atoms with Crippen LogP contribution in [0.4, 0.5) is 18.0 Å². The predicted molar refractivity (Wildman–Crippen MR) is 152 cm³/mol. The van der Waals surface area contributed by atoms with E-state index in [0.717, 1.165) is 28.2 Å². The monoisotopic (exact) mass is 607 g/mol. The van der Waals surface area contributed by atoms with E-state index in [1.165, 1.54) is 17.0 Å². The Morgan fingerprint density at radius 3 is 2.34 bits per heavy atom. The zero-order valence-electron chi connectivity index (χ0n) is 23.2. The van der Waals surface area contributed by atoms with Gasteiger partial charge in [0.15, 0.2) is 0 Å². The third kappa shape index (κ3) is 6.43. The van der Waals surface area contributed by atoms with Crippen molar-refractivity contribution < 1.29 is 42.2 Å². The van der Waals surface area contributed by atoms with Gasteiger partial charge in [-0.1, -0.05) is 84.9 Å². The van der Waals surface area contributed by atoms with Gasteiger partial charge in [-0.3, -0.25) is 19.3 Å². The molecular weight excluding hydrogens is 579 g/mol. The highest BCUT2D eigenvalue weighted by Gasteiger charge is 2.58. The van der Waals surface area contributed by atoms with Crippen LogP contribution in [0, 0.1) is 0 Å². The summed E-state index contributed by atoms with van der Waals surface area (Å²) in [6, 6.07) is 18.3. The fourth-order valence-electron chi connectivity index (χ4n) is 5.45. The quantitative estimate of drug-likeness (QED) is 0.324. The molecule has 5 rings (SSSR count). The zero-order chi connectivity index (χ0) is 31.4. The van der Waals surface area contributed by atoms with E-state index in [2.05, 4.69) is 5.32 Å². The molecule has 3 amide bonds. The van der Waals surface area contributed by atoms with Crippen molar-refractivity contribution in [2.24, 2.45) is 0 Å². The fourth-order valence-corrected chi connectivity index (χ4v) is 5.45. The van der Waals surface area contributed by atoms with Crippen molar-refractivity contribution >= 4 is 30.0 Å². The van der Waals surface area contributed by atoms with Gasteiger partial charge in [0.25, 0.3) is 0 Å². The van der Waals surface area contributed by atoms with Gasteiger partial charge in [0.1, 0.15) is 18.7 Å². The molecule has 3 aromatic carbocycles. The van der Waals surface area contributed by atoms with Gasteiger partial charge in [-0.25, -0.2) is 4.79 Å². The smallest absolute Gasteiger partial charge is 0.416 e. The number of amides is 3. The molecule has 228 valence electrons. The molecule has 0 unspecified atom stereocenters. The minimum absolute atomic E-state index is 0.00221. The van der Waals surface area contributed by atoms with Gasteiger partial charge < -0.3 is 20.1 Å². The topological polar surface area (TPSA) is 116 Å². The van der Waals surface area contributed by atoms with Crippen LogP contribution in [-0.4, -0.2) is 63.5 Å². The number of rotatable bonds is 10. The highest BCUT2D eigenvalue weighted by atomic mass is 19.4. The van der Waals surface area contributed by atoms with Crippen LogP contribution in [-0.2, 0) is 31.8 Å². The summed E-state index contributed by atoms with van der Waals surface area (Å²) in [5.41, 5.74) is 0.735. The first-order chi connectivity index (χ1) is 21.0. The summed E-state index contributed by atoms with van der Waals surface area (Å²) >= 11 is 0. The Morgan fingerprint density at radius 2 is 1.68 bits per heavy atom. The predicted octanol–water partition coefficient (Wildman–Crippen LogP) is 4.65. The number of nitrogens with zero attached hydrogens (tertiary/aromatic N) is 2. The normalized spacial score (nSPS) is 20.8. The summed E-state index contributed by atoms with van der Waals surface area (Å²) in [6.45, 7) is -0.332. The molecule has 3 aromatic rings. The Morgan fingerprint density at radius 1 is 1.00 bits per heavy atom. The highest BCUT2D eigenvalue weighted by Crippen LogP contribution is 2.39. The number of cyclic esters (lactones) is 1. The number of carbonyl (C=O) groups excluding carboxylic acids is 3. The Hall–Kier alpha value is -5.13. The van der Waals surface area contributed by atoms with E-state index in [1.807, 2.05) is 24.3 Å². The van der Waals surface area contributed by atoms with Gasteiger partial charge in [-0.2, -0.15) is 13.2 Å². The number of benzene rings is 3. The van der Waals surface area contributed by atoms with Crippen molar-refractivity contribution in [3.63, 3.8) is 0 Å². The van der Waals surface area contributed by atoms with Crippen LogP contribution in [0.5, 0.6) is 0 Å². The first-order valence-electron chi connectivity index (χ1n) is 13.8. The Balaban J connectivity index is 1.44. The number of hydrogen-bond acceptors (Lipinski definition) is 5. The summed E-state index contributed by atoms with van der Waals surface area (Å²) in [4.78, 5) is 54.4. The number of carbonyl (C=O) groups is 4. The van der Waals surface area contributed by atoms with E-state index in [-0.39, 0.29) is 18.7 Å². The summed E-state index contributed by atoms with van der Waals surface area (Å²) < 4.78 is 44.8.